The van der Waals surface area contributed by atoms with Gasteiger partial charge in [-0.05, 0) is 44.4 Å². The topological polar surface area (TPSA) is 50.4 Å². The zero-order valence-electron chi connectivity index (χ0n) is 12.9. The monoisotopic (exact) mass is 278 g/mol. The van der Waals surface area contributed by atoms with Crippen LogP contribution in [0.15, 0.2) is 24.3 Å². The van der Waals surface area contributed by atoms with Crippen molar-refractivity contribution in [2.75, 3.05) is 6.61 Å². The van der Waals surface area contributed by atoms with E-state index in [0.717, 1.165) is 24.2 Å². The number of rotatable bonds is 7. The van der Waals surface area contributed by atoms with Crippen LogP contribution in [0, 0.1) is 0 Å². The summed E-state index contributed by atoms with van der Waals surface area (Å²) in [5.41, 5.74) is 1.09. The molecule has 0 fully saturated rings. The molecule has 0 aliphatic heterocycles. The summed E-state index contributed by atoms with van der Waals surface area (Å²) in [6.07, 6.45) is 1.77. The van der Waals surface area contributed by atoms with E-state index < -0.39 is 0 Å². The summed E-state index contributed by atoms with van der Waals surface area (Å²) in [4.78, 5) is 11.9. The predicted molar refractivity (Wildman–Crippen MR) is 82.1 cm³/mol. The van der Waals surface area contributed by atoms with Crippen molar-refractivity contribution in [2.24, 2.45) is 0 Å². The van der Waals surface area contributed by atoms with Gasteiger partial charge in [0, 0.05) is 6.04 Å². The Morgan fingerprint density at radius 2 is 1.75 bits per heavy atom. The molecule has 0 radical (unpaired) electrons. The fraction of sp³-hybridized carbons (Fsp3) is 0.562. The molecule has 0 aromatic heterocycles. The van der Waals surface area contributed by atoms with E-state index in [1.165, 1.54) is 0 Å². The molecule has 1 aromatic carbocycles. The Hall–Kier alpha value is -1.71. The van der Waals surface area contributed by atoms with E-state index in [4.69, 9.17) is 4.74 Å². The second-order valence-electron chi connectivity index (χ2n) is 4.89. The van der Waals surface area contributed by atoms with Gasteiger partial charge < -0.3 is 15.4 Å². The summed E-state index contributed by atoms with van der Waals surface area (Å²) in [5.74, 6) is 0.857. The highest BCUT2D eigenvalue weighted by Gasteiger charge is 2.13. The van der Waals surface area contributed by atoms with Crippen LogP contribution < -0.4 is 15.4 Å². The lowest BCUT2D eigenvalue weighted by Gasteiger charge is -2.20. The van der Waals surface area contributed by atoms with Gasteiger partial charge in [-0.25, -0.2) is 4.79 Å². The number of urea groups is 1. The fourth-order valence-electron chi connectivity index (χ4n) is 1.91. The third-order valence-corrected chi connectivity index (χ3v) is 3.30. The Morgan fingerprint density at radius 1 is 1.10 bits per heavy atom. The average Bonchev–Trinajstić information content (AvgIpc) is 2.46. The third-order valence-electron chi connectivity index (χ3n) is 3.30. The standard InChI is InChI=1S/C16H26N2O2/c1-5-12(4)17-16(19)18-15(6-2)13-8-10-14(11-9-13)20-7-3/h8-12,15H,5-7H2,1-4H3,(H2,17,18,19). The summed E-state index contributed by atoms with van der Waals surface area (Å²) < 4.78 is 5.42. The van der Waals surface area contributed by atoms with Crippen molar-refractivity contribution in [1.29, 1.82) is 0 Å². The minimum absolute atomic E-state index is 0.0229. The SMILES string of the molecule is CCOc1ccc(C(CC)NC(=O)NC(C)CC)cc1. The molecule has 0 saturated heterocycles. The quantitative estimate of drug-likeness (QED) is 0.800. The van der Waals surface area contributed by atoms with E-state index in [9.17, 15) is 4.79 Å². The number of amides is 2. The Labute approximate surface area is 121 Å². The maximum absolute atomic E-state index is 11.9. The number of hydrogen-bond acceptors (Lipinski definition) is 2. The summed E-state index contributed by atoms with van der Waals surface area (Å²) in [6, 6.07) is 7.99. The molecule has 1 aromatic rings. The summed E-state index contributed by atoms with van der Waals surface area (Å²) >= 11 is 0. The Morgan fingerprint density at radius 3 is 2.25 bits per heavy atom. The lowest BCUT2D eigenvalue weighted by molar-refractivity contribution is 0.233. The number of carbonyl (C=O) groups excluding carboxylic acids is 1. The van der Waals surface area contributed by atoms with E-state index in [1.54, 1.807) is 0 Å². The molecule has 112 valence electrons. The number of carbonyl (C=O) groups is 1. The van der Waals surface area contributed by atoms with E-state index in [1.807, 2.05) is 38.1 Å². The van der Waals surface area contributed by atoms with Crippen molar-refractivity contribution >= 4 is 6.03 Å². The van der Waals surface area contributed by atoms with Crippen LogP contribution in [0.4, 0.5) is 4.79 Å². The van der Waals surface area contributed by atoms with Gasteiger partial charge in [0.15, 0.2) is 0 Å². The van der Waals surface area contributed by atoms with Crippen LogP contribution in [-0.2, 0) is 0 Å². The average molecular weight is 278 g/mol. The molecule has 0 spiro atoms. The smallest absolute Gasteiger partial charge is 0.315 e. The van der Waals surface area contributed by atoms with E-state index in [2.05, 4.69) is 24.5 Å². The maximum atomic E-state index is 11.9. The molecular formula is C16H26N2O2. The van der Waals surface area contributed by atoms with Gasteiger partial charge >= 0.3 is 6.03 Å². The molecule has 20 heavy (non-hydrogen) atoms. The van der Waals surface area contributed by atoms with Crippen molar-refractivity contribution in [1.82, 2.24) is 10.6 Å². The Kier molecular flexibility index (Phi) is 6.91. The summed E-state index contributed by atoms with van der Waals surface area (Å²) in [5, 5.41) is 5.93. The van der Waals surface area contributed by atoms with Crippen molar-refractivity contribution < 1.29 is 9.53 Å². The molecule has 2 N–H and O–H groups in total. The van der Waals surface area contributed by atoms with Crippen molar-refractivity contribution in [3.05, 3.63) is 29.8 Å². The van der Waals surface area contributed by atoms with Gasteiger partial charge in [-0.2, -0.15) is 0 Å². The highest BCUT2D eigenvalue weighted by molar-refractivity contribution is 5.74. The molecule has 1 rings (SSSR count). The second-order valence-corrected chi connectivity index (χ2v) is 4.89. The molecule has 0 aliphatic carbocycles. The van der Waals surface area contributed by atoms with Gasteiger partial charge in [0.1, 0.15) is 5.75 Å². The molecule has 2 unspecified atom stereocenters. The number of nitrogens with one attached hydrogen (secondary N) is 2. The number of hydrogen-bond donors (Lipinski definition) is 2. The van der Waals surface area contributed by atoms with Gasteiger partial charge in [-0.3, -0.25) is 0 Å². The van der Waals surface area contributed by atoms with E-state index in [0.29, 0.717) is 6.61 Å². The maximum Gasteiger partial charge on any atom is 0.315 e. The van der Waals surface area contributed by atoms with Gasteiger partial charge in [-0.1, -0.05) is 26.0 Å². The van der Waals surface area contributed by atoms with Crippen LogP contribution >= 0.6 is 0 Å². The fourth-order valence-corrected chi connectivity index (χ4v) is 1.91. The zero-order valence-corrected chi connectivity index (χ0v) is 12.9. The first-order valence-corrected chi connectivity index (χ1v) is 7.40. The van der Waals surface area contributed by atoms with Crippen molar-refractivity contribution in [3.63, 3.8) is 0 Å². The Balaban J connectivity index is 2.63. The summed E-state index contributed by atoms with van der Waals surface area (Å²) in [7, 11) is 0. The lowest BCUT2D eigenvalue weighted by Crippen LogP contribution is -2.42. The van der Waals surface area contributed by atoms with Crippen LogP contribution in [0.5, 0.6) is 5.75 Å². The van der Waals surface area contributed by atoms with Crippen LogP contribution in [0.1, 0.15) is 52.1 Å². The van der Waals surface area contributed by atoms with Crippen LogP contribution in [0.2, 0.25) is 0 Å². The van der Waals surface area contributed by atoms with E-state index in [-0.39, 0.29) is 18.1 Å². The van der Waals surface area contributed by atoms with Gasteiger partial charge in [0.2, 0.25) is 0 Å². The van der Waals surface area contributed by atoms with E-state index >= 15 is 0 Å². The van der Waals surface area contributed by atoms with Gasteiger partial charge in [0.05, 0.1) is 12.6 Å². The summed E-state index contributed by atoms with van der Waals surface area (Å²) in [6.45, 7) is 8.73. The molecule has 2 amide bonds. The highest BCUT2D eigenvalue weighted by Crippen LogP contribution is 2.20. The molecule has 2 atom stereocenters. The normalized spacial score (nSPS) is 13.4. The first kappa shape index (κ1) is 16.3. The van der Waals surface area contributed by atoms with Crippen molar-refractivity contribution in [3.8, 4) is 5.75 Å². The first-order valence-electron chi connectivity index (χ1n) is 7.40. The third kappa shape index (κ3) is 5.11. The molecule has 0 heterocycles. The number of benzene rings is 1. The van der Waals surface area contributed by atoms with Gasteiger partial charge in [-0.15, -0.1) is 0 Å². The van der Waals surface area contributed by atoms with Crippen LogP contribution in [0.25, 0.3) is 0 Å². The molecule has 0 saturated carbocycles. The lowest BCUT2D eigenvalue weighted by atomic mass is 10.0. The molecule has 4 nitrogen and oxygen atoms in total. The van der Waals surface area contributed by atoms with Crippen LogP contribution in [0.3, 0.4) is 0 Å². The van der Waals surface area contributed by atoms with Gasteiger partial charge in [0.25, 0.3) is 0 Å². The molecular weight excluding hydrogens is 252 g/mol. The van der Waals surface area contributed by atoms with Crippen molar-refractivity contribution in [2.45, 2.75) is 52.6 Å². The predicted octanol–water partition coefficient (Wildman–Crippen LogP) is 3.63. The number of ether oxygens (including phenoxy) is 1. The largest absolute Gasteiger partial charge is 0.494 e. The van der Waals surface area contributed by atoms with Crippen LogP contribution in [-0.4, -0.2) is 18.7 Å². The minimum Gasteiger partial charge on any atom is -0.494 e. The molecule has 4 heteroatoms. The zero-order chi connectivity index (χ0) is 15.0. The molecule has 0 aliphatic rings. The minimum atomic E-state index is -0.111. The Bertz CT molecular complexity index is 403. The molecule has 0 bridgehead atoms. The first-order chi connectivity index (χ1) is 9.60. The highest BCUT2D eigenvalue weighted by atomic mass is 16.5. The second kappa shape index (κ2) is 8.46.